The van der Waals surface area contributed by atoms with Crippen LogP contribution in [0, 0.1) is 5.92 Å². The van der Waals surface area contributed by atoms with Crippen LogP contribution in [0.2, 0.25) is 0 Å². The van der Waals surface area contributed by atoms with Crippen molar-refractivity contribution in [2.75, 3.05) is 14.2 Å². The Morgan fingerprint density at radius 3 is 2.39 bits per heavy atom. The summed E-state index contributed by atoms with van der Waals surface area (Å²) in [6.07, 6.45) is 3.50. The molecule has 0 saturated heterocycles. The van der Waals surface area contributed by atoms with Crippen LogP contribution in [0.3, 0.4) is 0 Å². The minimum absolute atomic E-state index is 0.510. The van der Waals surface area contributed by atoms with Crippen LogP contribution in [-0.4, -0.2) is 19.0 Å². The predicted octanol–water partition coefficient (Wildman–Crippen LogP) is 4.45. The van der Waals surface area contributed by atoms with E-state index in [4.69, 9.17) is 9.47 Å². The van der Waals surface area contributed by atoms with E-state index < -0.39 is 0 Å². The van der Waals surface area contributed by atoms with Gasteiger partial charge in [-0.1, -0.05) is 42.3 Å². The third kappa shape index (κ3) is 4.20. The summed E-state index contributed by atoms with van der Waals surface area (Å²) in [4.78, 5) is 0.510. The van der Waals surface area contributed by atoms with Crippen molar-refractivity contribution in [3.05, 3.63) is 23.8 Å². The summed E-state index contributed by atoms with van der Waals surface area (Å²) in [5, 5.41) is 0. The fraction of sp³-hybridized carbons (Fsp3) is 0.600. The molecule has 2 nitrogen and oxygen atoms in total. The van der Waals surface area contributed by atoms with Crippen molar-refractivity contribution in [3.63, 3.8) is 0 Å². The standard InChI is InChI=1S/C15H23BrO2/c1-5-6-11(2)13(16)9-12-7-8-14(17-3)15(10-12)18-4/h7-8,10-11,13H,5-6,9H2,1-4H3. The summed E-state index contributed by atoms with van der Waals surface area (Å²) >= 11 is 3.79. The molecule has 0 spiro atoms. The van der Waals surface area contributed by atoms with Crippen molar-refractivity contribution in [1.29, 1.82) is 0 Å². The van der Waals surface area contributed by atoms with Crippen LogP contribution in [0.4, 0.5) is 0 Å². The van der Waals surface area contributed by atoms with Gasteiger partial charge in [0.25, 0.3) is 0 Å². The second-order valence-electron chi connectivity index (χ2n) is 4.68. The second-order valence-corrected chi connectivity index (χ2v) is 5.85. The molecular formula is C15H23BrO2. The van der Waals surface area contributed by atoms with E-state index in [0.717, 1.165) is 17.9 Å². The molecule has 0 bridgehead atoms. The highest BCUT2D eigenvalue weighted by molar-refractivity contribution is 9.09. The number of ether oxygens (including phenoxy) is 2. The van der Waals surface area contributed by atoms with Gasteiger partial charge in [-0.05, 0) is 36.5 Å². The Kier molecular flexibility index (Phi) is 6.55. The van der Waals surface area contributed by atoms with E-state index in [0.29, 0.717) is 10.7 Å². The van der Waals surface area contributed by atoms with E-state index in [1.54, 1.807) is 14.2 Å². The molecule has 0 fully saturated rings. The highest BCUT2D eigenvalue weighted by atomic mass is 79.9. The Labute approximate surface area is 119 Å². The topological polar surface area (TPSA) is 18.5 Å². The smallest absolute Gasteiger partial charge is 0.160 e. The molecule has 0 radical (unpaired) electrons. The van der Waals surface area contributed by atoms with Crippen molar-refractivity contribution >= 4 is 15.9 Å². The van der Waals surface area contributed by atoms with Crippen molar-refractivity contribution < 1.29 is 9.47 Å². The molecule has 2 atom stereocenters. The van der Waals surface area contributed by atoms with Crippen LogP contribution in [0.15, 0.2) is 18.2 Å². The molecule has 0 aliphatic heterocycles. The zero-order valence-electron chi connectivity index (χ0n) is 11.7. The summed E-state index contributed by atoms with van der Waals surface area (Å²) in [6, 6.07) is 6.14. The van der Waals surface area contributed by atoms with E-state index in [2.05, 4.69) is 41.9 Å². The van der Waals surface area contributed by atoms with Crippen molar-refractivity contribution in [3.8, 4) is 11.5 Å². The largest absolute Gasteiger partial charge is 0.493 e. The van der Waals surface area contributed by atoms with Gasteiger partial charge in [0.1, 0.15) is 0 Å². The number of methoxy groups -OCH3 is 2. The van der Waals surface area contributed by atoms with E-state index in [9.17, 15) is 0 Å². The Balaban J connectivity index is 2.72. The van der Waals surface area contributed by atoms with Gasteiger partial charge in [-0.25, -0.2) is 0 Å². The number of halogens is 1. The average Bonchev–Trinajstić information content (AvgIpc) is 2.38. The molecular weight excluding hydrogens is 292 g/mol. The molecule has 0 heterocycles. The van der Waals surface area contributed by atoms with E-state index in [1.807, 2.05) is 6.07 Å². The van der Waals surface area contributed by atoms with Crippen molar-refractivity contribution in [2.24, 2.45) is 5.92 Å². The van der Waals surface area contributed by atoms with Crippen molar-refractivity contribution in [2.45, 2.75) is 37.9 Å². The lowest BCUT2D eigenvalue weighted by Gasteiger charge is -2.18. The lowest BCUT2D eigenvalue weighted by molar-refractivity contribution is 0.354. The van der Waals surface area contributed by atoms with Gasteiger partial charge < -0.3 is 9.47 Å². The van der Waals surface area contributed by atoms with Gasteiger partial charge >= 0.3 is 0 Å². The quantitative estimate of drug-likeness (QED) is 0.692. The number of rotatable bonds is 7. The normalized spacial score (nSPS) is 14.1. The van der Waals surface area contributed by atoms with E-state index in [-0.39, 0.29) is 0 Å². The average molecular weight is 315 g/mol. The number of hydrogen-bond acceptors (Lipinski definition) is 2. The van der Waals surface area contributed by atoms with Gasteiger partial charge in [0, 0.05) is 4.83 Å². The first kappa shape index (κ1) is 15.4. The van der Waals surface area contributed by atoms with Gasteiger partial charge in [-0.15, -0.1) is 0 Å². The fourth-order valence-electron chi connectivity index (χ4n) is 2.07. The highest BCUT2D eigenvalue weighted by Crippen LogP contribution is 2.30. The number of benzene rings is 1. The van der Waals surface area contributed by atoms with E-state index >= 15 is 0 Å². The van der Waals surface area contributed by atoms with E-state index in [1.165, 1.54) is 18.4 Å². The first-order valence-corrected chi connectivity index (χ1v) is 7.38. The van der Waals surface area contributed by atoms with Gasteiger partial charge in [-0.3, -0.25) is 0 Å². The first-order chi connectivity index (χ1) is 8.62. The van der Waals surface area contributed by atoms with Crippen molar-refractivity contribution in [1.82, 2.24) is 0 Å². The second kappa shape index (κ2) is 7.67. The monoisotopic (exact) mass is 314 g/mol. The van der Waals surface area contributed by atoms with Crippen LogP contribution in [0.25, 0.3) is 0 Å². The maximum atomic E-state index is 5.33. The van der Waals surface area contributed by atoms with Gasteiger partial charge in [0.05, 0.1) is 14.2 Å². The Morgan fingerprint density at radius 2 is 1.83 bits per heavy atom. The third-order valence-corrected chi connectivity index (χ3v) is 4.47. The molecule has 1 rings (SSSR count). The minimum atomic E-state index is 0.510. The lowest BCUT2D eigenvalue weighted by Crippen LogP contribution is -2.13. The molecule has 3 heteroatoms. The summed E-state index contributed by atoms with van der Waals surface area (Å²) < 4.78 is 10.6. The molecule has 0 aliphatic rings. The van der Waals surface area contributed by atoms with Crippen LogP contribution in [0.1, 0.15) is 32.3 Å². The molecule has 1 aromatic carbocycles. The molecule has 2 unspecified atom stereocenters. The van der Waals surface area contributed by atoms with Gasteiger partial charge in [0.15, 0.2) is 11.5 Å². The molecule has 18 heavy (non-hydrogen) atoms. The molecule has 1 aromatic rings. The summed E-state index contributed by atoms with van der Waals surface area (Å²) in [5.74, 6) is 2.27. The van der Waals surface area contributed by atoms with Crippen LogP contribution < -0.4 is 9.47 Å². The highest BCUT2D eigenvalue weighted by Gasteiger charge is 2.15. The zero-order valence-corrected chi connectivity index (χ0v) is 13.3. The van der Waals surface area contributed by atoms with Crippen LogP contribution in [-0.2, 0) is 6.42 Å². The number of alkyl halides is 1. The van der Waals surface area contributed by atoms with Crippen LogP contribution >= 0.6 is 15.9 Å². The summed E-state index contributed by atoms with van der Waals surface area (Å²) in [5.41, 5.74) is 1.28. The molecule has 0 aliphatic carbocycles. The molecule has 0 amide bonds. The SMILES string of the molecule is CCCC(C)C(Br)Cc1ccc(OC)c(OC)c1. The Hall–Kier alpha value is -0.700. The van der Waals surface area contributed by atoms with Crippen LogP contribution in [0.5, 0.6) is 11.5 Å². The number of hydrogen-bond donors (Lipinski definition) is 0. The van der Waals surface area contributed by atoms with Gasteiger partial charge in [-0.2, -0.15) is 0 Å². The predicted molar refractivity (Wildman–Crippen MR) is 80.0 cm³/mol. The first-order valence-electron chi connectivity index (χ1n) is 6.47. The molecule has 0 aromatic heterocycles. The minimum Gasteiger partial charge on any atom is -0.493 e. The van der Waals surface area contributed by atoms with Gasteiger partial charge in [0.2, 0.25) is 0 Å². The molecule has 102 valence electrons. The fourth-order valence-corrected chi connectivity index (χ4v) is 2.71. The Morgan fingerprint density at radius 1 is 1.17 bits per heavy atom. The maximum absolute atomic E-state index is 5.33. The summed E-state index contributed by atoms with van der Waals surface area (Å²) in [6.45, 7) is 4.52. The maximum Gasteiger partial charge on any atom is 0.160 e. The Bertz CT molecular complexity index is 366. The molecule has 0 saturated carbocycles. The summed E-state index contributed by atoms with van der Waals surface area (Å²) in [7, 11) is 3.33. The molecule has 0 N–H and O–H groups in total. The lowest BCUT2D eigenvalue weighted by atomic mass is 9.97. The zero-order chi connectivity index (χ0) is 13.5. The third-order valence-electron chi connectivity index (χ3n) is 3.24.